The van der Waals surface area contributed by atoms with Crippen molar-refractivity contribution < 1.29 is 34.7 Å². The van der Waals surface area contributed by atoms with Crippen LogP contribution in [0.4, 0.5) is 0 Å². The number of fused-ring (bicyclic) bond motifs is 9. The normalized spacial score (nSPS) is 38.7. The molecule has 0 amide bonds. The minimum Gasteiger partial charge on any atom is -0.504 e. The maximum Gasteiger partial charge on any atom is 0.302 e. The number of nitrogens with two attached hydrogens (primary N) is 1. The summed E-state index contributed by atoms with van der Waals surface area (Å²) in [6.07, 6.45) is 6.41. The Morgan fingerprint density at radius 2 is 2.00 bits per heavy atom. The molecule has 13 nitrogen and oxygen atoms in total. The van der Waals surface area contributed by atoms with Gasteiger partial charge >= 0.3 is 5.97 Å². The van der Waals surface area contributed by atoms with Gasteiger partial charge in [0.15, 0.2) is 17.5 Å². The number of guanidine groups is 1. The van der Waals surface area contributed by atoms with Gasteiger partial charge in [0, 0.05) is 70.0 Å². The van der Waals surface area contributed by atoms with Crippen LogP contribution in [0.1, 0.15) is 82.3 Å². The lowest BCUT2D eigenvalue weighted by atomic mass is 9.73. The fraction of sp³-hybridized carbons (Fsp3) is 0.756. The monoisotopic (exact) mass is 750 g/mol. The van der Waals surface area contributed by atoms with Crippen molar-refractivity contribution >= 4 is 11.9 Å². The Labute approximate surface area is 320 Å². The summed E-state index contributed by atoms with van der Waals surface area (Å²) in [5, 5.41) is 51.0. The van der Waals surface area contributed by atoms with Crippen LogP contribution in [-0.2, 0) is 22.6 Å². The first-order valence-electron chi connectivity index (χ1n) is 20.4. The SMILES string of the molecule is CC(=O)OC1CC(O)CCC2(C#CC3CCCC4CC(CCN4)Oc4cc(c(CO)cc4O)CC31)CCN1CC3CC(CN(CN=C(N)NC2)C3)C1CO. The number of aliphatic imine (C=N–C) groups is 1. The molecular weight excluding hydrogens is 688 g/mol. The van der Waals surface area contributed by atoms with Crippen LogP contribution in [-0.4, -0.2) is 125 Å². The molecule has 7 aliphatic rings. The van der Waals surface area contributed by atoms with Crippen LogP contribution >= 0.6 is 0 Å². The summed E-state index contributed by atoms with van der Waals surface area (Å²) in [7, 11) is 0. The van der Waals surface area contributed by atoms with Crippen molar-refractivity contribution in [2.24, 2.45) is 39.8 Å². The number of aliphatic hydroxyl groups is 3. The Morgan fingerprint density at radius 3 is 2.81 bits per heavy atom. The van der Waals surface area contributed by atoms with Gasteiger partial charge in [-0.15, -0.1) is 0 Å². The zero-order valence-electron chi connectivity index (χ0n) is 31.9. The van der Waals surface area contributed by atoms with Crippen molar-refractivity contribution in [3.63, 3.8) is 0 Å². The standard InChI is InChI=1S/C41H62N6O7/c1-26(50)53-38-18-33(51)6-9-41(10-12-47-20-27-13-30(36(47)23-49)21-46(19-27)25-45-40(42)44-24-41)8-5-28-3-2-4-32-17-34(7-11-43-32)54-39-16-29(14-35(28)38)31(22-48)15-37(39)52/h15-16,27-28,30,32-36,38,43,48-49,51-52H,2-4,6-7,9-14,17-25H2,1H3,(H3,42,44,45). The Morgan fingerprint density at radius 1 is 1.13 bits per heavy atom. The van der Waals surface area contributed by atoms with E-state index in [1.807, 2.05) is 6.07 Å². The summed E-state index contributed by atoms with van der Waals surface area (Å²) in [5.74, 6) is 8.35. The average molecular weight is 751 g/mol. The van der Waals surface area contributed by atoms with Gasteiger partial charge in [-0.1, -0.05) is 18.3 Å². The summed E-state index contributed by atoms with van der Waals surface area (Å²) in [6.45, 7) is 6.62. The number of benzene rings is 1. The predicted molar refractivity (Wildman–Crippen MR) is 204 cm³/mol. The number of phenolic OH excluding ortho intramolecular Hbond substituents is 1. The molecule has 3 fully saturated rings. The minimum atomic E-state index is -0.754. The van der Waals surface area contributed by atoms with Gasteiger partial charge in [0.2, 0.25) is 0 Å². The number of carbonyl (C=O) groups is 1. The van der Waals surface area contributed by atoms with Gasteiger partial charge < -0.3 is 46.3 Å². The summed E-state index contributed by atoms with van der Waals surface area (Å²) < 4.78 is 12.5. The van der Waals surface area contributed by atoms with E-state index in [4.69, 9.17) is 20.2 Å². The van der Waals surface area contributed by atoms with E-state index in [0.717, 1.165) is 83.2 Å². The molecule has 12 atom stereocenters. The smallest absolute Gasteiger partial charge is 0.302 e. The van der Waals surface area contributed by atoms with E-state index in [0.29, 0.717) is 61.6 Å². The summed E-state index contributed by atoms with van der Waals surface area (Å²) in [5.41, 5.74) is 7.35. The first-order chi connectivity index (χ1) is 26.1. The first kappa shape index (κ1) is 39.1. The molecule has 0 saturated carbocycles. The van der Waals surface area contributed by atoms with Crippen molar-refractivity contribution in [3.05, 3.63) is 23.3 Å². The van der Waals surface area contributed by atoms with Crippen LogP contribution in [0, 0.1) is 40.9 Å². The van der Waals surface area contributed by atoms with Crippen LogP contribution in [0.25, 0.3) is 0 Å². The van der Waals surface area contributed by atoms with Crippen molar-refractivity contribution in [2.75, 3.05) is 52.5 Å². The second kappa shape index (κ2) is 17.3. The van der Waals surface area contributed by atoms with Crippen molar-refractivity contribution in [3.8, 4) is 23.3 Å². The zero-order valence-corrected chi connectivity index (χ0v) is 31.9. The van der Waals surface area contributed by atoms with Crippen molar-refractivity contribution in [1.29, 1.82) is 0 Å². The number of hydrogen-bond donors (Lipinski definition) is 7. The number of esters is 1. The number of rotatable bonds is 3. The third-order valence-corrected chi connectivity index (χ3v) is 13.3. The minimum absolute atomic E-state index is 0.00433. The number of nitrogens with zero attached hydrogens (tertiary/aromatic N) is 3. The lowest BCUT2D eigenvalue weighted by Gasteiger charge is -2.50. The van der Waals surface area contributed by atoms with E-state index in [9.17, 15) is 25.2 Å². The van der Waals surface area contributed by atoms with Gasteiger partial charge in [-0.3, -0.25) is 14.6 Å². The first-order valence-corrected chi connectivity index (χ1v) is 20.4. The highest BCUT2D eigenvalue weighted by molar-refractivity contribution is 5.77. The second-order valence-corrected chi connectivity index (χ2v) is 17.1. The zero-order chi connectivity index (χ0) is 37.8. The summed E-state index contributed by atoms with van der Waals surface area (Å²) >= 11 is 0. The Bertz CT molecular complexity index is 1570. The molecule has 12 unspecified atom stereocenters. The predicted octanol–water partition coefficient (Wildman–Crippen LogP) is 1.69. The second-order valence-electron chi connectivity index (χ2n) is 17.1. The summed E-state index contributed by atoms with van der Waals surface area (Å²) in [4.78, 5) is 22.3. The quantitative estimate of drug-likeness (QED) is 0.176. The number of carbonyl (C=O) groups excluding carboxylic acids is 1. The average Bonchev–Trinajstić information content (AvgIpc) is 3.16. The molecule has 13 heteroatoms. The molecule has 0 radical (unpaired) electrons. The molecule has 1 aromatic carbocycles. The third-order valence-electron chi connectivity index (χ3n) is 13.3. The van der Waals surface area contributed by atoms with Gasteiger partial charge in [-0.2, -0.15) is 0 Å². The van der Waals surface area contributed by atoms with E-state index in [1.54, 1.807) is 6.07 Å². The van der Waals surface area contributed by atoms with Crippen LogP contribution in [0.2, 0.25) is 0 Å². The number of ether oxygens (including phenoxy) is 2. The molecule has 1 aliphatic carbocycles. The van der Waals surface area contributed by atoms with E-state index in [1.165, 1.54) is 6.92 Å². The maximum atomic E-state index is 12.7. The van der Waals surface area contributed by atoms with Crippen molar-refractivity contribution in [2.45, 2.75) is 115 Å². The van der Waals surface area contributed by atoms with Crippen LogP contribution in [0.5, 0.6) is 11.5 Å². The highest BCUT2D eigenvalue weighted by atomic mass is 16.5. The number of aromatic hydroxyl groups is 1. The van der Waals surface area contributed by atoms with Crippen LogP contribution in [0.3, 0.4) is 0 Å². The molecule has 54 heavy (non-hydrogen) atoms. The molecule has 6 heterocycles. The van der Waals surface area contributed by atoms with E-state index in [-0.39, 0.29) is 55.4 Å². The van der Waals surface area contributed by atoms with Gasteiger partial charge in [0.1, 0.15) is 12.2 Å². The molecule has 0 aromatic heterocycles. The number of aliphatic hydroxyl groups excluding tert-OH is 3. The largest absolute Gasteiger partial charge is 0.504 e. The van der Waals surface area contributed by atoms with Gasteiger partial charge in [-0.25, -0.2) is 4.99 Å². The molecule has 3 saturated heterocycles. The van der Waals surface area contributed by atoms with E-state index in [2.05, 4.69) is 32.3 Å². The molecule has 8 rings (SSSR count). The van der Waals surface area contributed by atoms with E-state index < -0.39 is 23.6 Å². The lowest BCUT2D eigenvalue weighted by Crippen LogP contribution is -2.59. The fourth-order valence-corrected chi connectivity index (χ4v) is 10.4. The highest BCUT2D eigenvalue weighted by Crippen LogP contribution is 2.40. The highest BCUT2D eigenvalue weighted by Gasteiger charge is 2.43. The molecule has 8 bridgehead atoms. The Kier molecular flexibility index (Phi) is 12.6. The molecule has 6 aliphatic heterocycles. The number of phenols is 1. The molecular formula is C41H62N6O7. The number of hydrogen-bond acceptors (Lipinski definition) is 13. The summed E-state index contributed by atoms with van der Waals surface area (Å²) in [6, 6.07) is 3.76. The topological polar surface area (TPSA) is 185 Å². The maximum absolute atomic E-state index is 12.7. The Hall–Kier alpha value is -3.12. The van der Waals surface area contributed by atoms with Gasteiger partial charge in [-0.05, 0) is 99.4 Å². The Balaban J connectivity index is 1.29. The van der Waals surface area contributed by atoms with Crippen LogP contribution < -0.4 is 21.1 Å². The van der Waals surface area contributed by atoms with Crippen LogP contribution in [0.15, 0.2) is 17.1 Å². The lowest BCUT2D eigenvalue weighted by molar-refractivity contribution is -0.152. The van der Waals surface area contributed by atoms with Crippen molar-refractivity contribution in [1.82, 2.24) is 20.4 Å². The molecule has 8 N–H and O–H groups in total. The molecule has 298 valence electrons. The number of nitrogens with one attached hydrogen (secondary N) is 2. The third kappa shape index (κ3) is 9.28. The van der Waals surface area contributed by atoms with E-state index >= 15 is 0 Å². The van der Waals surface area contributed by atoms with Gasteiger partial charge in [0.25, 0.3) is 0 Å². The molecule has 1 spiro atoms. The van der Waals surface area contributed by atoms with Gasteiger partial charge in [0.05, 0.1) is 31.4 Å². The molecule has 1 aromatic rings. The fourth-order valence-electron chi connectivity index (χ4n) is 10.4. The number of piperidine rings is 3.